The average Bonchev–Trinajstić information content (AvgIpc) is 3.19. The Bertz CT molecular complexity index is 973. The van der Waals surface area contributed by atoms with E-state index in [1.54, 1.807) is 6.26 Å². The van der Waals surface area contributed by atoms with Crippen LogP contribution in [0.2, 0.25) is 10.0 Å². The molecule has 0 unspecified atom stereocenters. The molecule has 24 heavy (non-hydrogen) atoms. The summed E-state index contributed by atoms with van der Waals surface area (Å²) in [6.07, 6.45) is 2.39. The van der Waals surface area contributed by atoms with Gasteiger partial charge in [-0.15, -0.1) is 0 Å². The van der Waals surface area contributed by atoms with Crippen LogP contribution in [0.5, 0.6) is 0 Å². The van der Waals surface area contributed by atoms with Crippen molar-refractivity contribution in [3.8, 4) is 0 Å². The van der Waals surface area contributed by atoms with Crippen molar-refractivity contribution in [1.29, 1.82) is 0 Å². The maximum absolute atomic E-state index is 6.18. The second-order valence-corrected chi connectivity index (χ2v) is 6.50. The number of imidazole rings is 1. The molecule has 0 saturated carbocycles. The number of benzene rings is 2. The Morgan fingerprint density at radius 1 is 0.958 bits per heavy atom. The largest absolute Gasteiger partial charge is 0.467 e. The summed E-state index contributed by atoms with van der Waals surface area (Å²) in [7, 11) is 0. The molecule has 0 saturated heterocycles. The molecule has 0 atom stereocenters. The van der Waals surface area contributed by atoms with E-state index < -0.39 is 0 Å². The van der Waals surface area contributed by atoms with E-state index in [1.165, 1.54) is 0 Å². The van der Waals surface area contributed by atoms with Crippen molar-refractivity contribution < 1.29 is 4.42 Å². The van der Waals surface area contributed by atoms with Gasteiger partial charge in [0.15, 0.2) is 0 Å². The zero-order chi connectivity index (χ0) is 16.5. The number of hydrogen-bond acceptors (Lipinski definition) is 2. The third-order valence-electron chi connectivity index (χ3n) is 3.96. The zero-order valence-electron chi connectivity index (χ0n) is 12.7. The third kappa shape index (κ3) is 3.05. The van der Waals surface area contributed by atoms with E-state index in [0.717, 1.165) is 33.2 Å². The Morgan fingerprint density at radius 2 is 1.75 bits per heavy atom. The minimum atomic E-state index is 0.618. The normalized spacial score (nSPS) is 11.2. The summed E-state index contributed by atoms with van der Waals surface area (Å²) in [6, 6.07) is 17.4. The molecule has 0 fully saturated rings. The summed E-state index contributed by atoms with van der Waals surface area (Å²) in [5.74, 6) is 1.85. The highest BCUT2D eigenvalue weighted by Gasteiger charge is 2.13. The van der Waals surface area contributed by atoms with E-state index in [1.807, 2.05) is 54.6 Å². The van der Waals surface area contributed by atoms with Crippen molar-refractivity contribution in [3.63, 3.8) is 0 Å². The van der Waals surface area contributed by atoms with Gasteiger partial charge >= 0.3 is 0 Å². The van der Waals surface area contributed by atoms with Gasteiger partial charge in [-0.3, -0.25) is 0 Å². The van der Waals surface area contributed by atoms with Gasteiger partial charge in [-0.05, 0) is 48.0 Å². The molecule has 5 heteroatoms. The standard InChI is InChI=1S/C19H14Cl2N2O/c20-14-5-3-13(4-6-14)10-19-22-17-8-7-15(21)11-18(17)23(19)12-16-2-1-9-24-16/h1-9,11H,10,12H2. The van der Waals surface area contributed by atoms with Crippen LogP contribution < -0.4 is 0 Å². The molecule has 4 aromatic rings. The molecule has 3 nitrogen and oxygen atoms in total. The average molecular weight is 357 g/mol. The first-order chi connectivity index (χ1) is 11.7. The van der Waals surface area contributed by atoms with Crippen molar-refractivity contribution in [2.45, 2.75) is 13.0 Å². The molecule has 0 aliphatic rings. The minimum absolute atomic E-state index is 0.618. The van der Waals surface area contributed by atoms with Gasteiger partial charge in [0.25, 0.3) is 0 Å². The van der Waals surface area contributed by atoms with Crippen molar-refractivity contribution in [1.82, 2.24) is 9.55 Å². The second-order valence-electron chi connectivity index (χ2n) is 5.63. The number of nitrogens with zero attached hydrogens (tertiary/aromatic N) is 2. The fourth-order valence-electron chi connectivity index (χ4n) is 2.80. The van der Waals surface area contributed by atoms with E-state index >= 15 is 0 Å². The summed E-state index contributed by atoms with van der Waals surface area (Å²) in [5, 5.41) is 1.43. The quantitative estimate of drug-likeness (QED) is 0.478. The molecule has 0 N–H and O–H groups in total. The van der Waals surface area contributed by atoms with Gasteiger partial charge in [0, 0.05) is 16.5 Å². The fraction of sp³-hybridized carbons (Fsp3) is 0.105. The molecule has 0 aliphatic carbocycles. The topological polar surface area (TPSA) is 31.0 Å². The zero-order valence-corrected chi connectivity index (χ0v) is 14.3. The van der Waals surface area contributed by atoms with Crippen LogP contribution in [0.25, 0.3) is 11.0 Å². The van der Waals surface area contributed by atoms with Crippen LogP contribution in [-0.2, 0) is 13.0 Å². The van der Waals surface area contributed by atoms with Crippen LogP contribution >= 0.6 is 23.2 Å². The van der Waals surface area contributed by atoms with Gasteiger partial charge in [-0.25, -0.2) is 4.98 Å². The lowest BCUT2D eigenvalue weighted by Gasteiger charge is -2.08. The minimum Gasteiger partial charge on any atom is -0.467 e. The molecule has 0 bridgehead atoms. The summed E-state index contributed by atoms with van der Waals surface area (Å²) in [6.45, 7) is 0.618. The van der Waals surface area contributed by atoms with Gasteiger partial charge in [0.05, 0.1) is 23.8 Å². The number of rotatable bonds is 4. The van der Waals surface area contributed by atoms with Crippen molar-refractivity contribution >= 4 is 34.2 Å². The number of aromatic nitrogens is 2. The van der Waals surface area contributed by atoms with Gasteiger partial charge in [-0.2, -0.15) is 0 Å². The molecular formula is C19H14Cl2N2O. The van der Waals surface area contributed by atoms with Crippen LogP contribution in [0.3, 0.4) is 0 Å². The van der Waals surface area contributed by atoms with E-state index in [0.29, 0.717) is 18.0 Å². The first kappa shape index (κ1) is 15.3. The maximum Gasteiger partial charge on any atom is 0.123 e. The van der Waals surface area contributed by atoms with Gasteiger partial charge in [0.2, 0.25) is 0 Å². The highest BCUT2D eigenvalue weighted by molar-refractivity contribution is 6.31. The Labute approximate surface area is 149 Å². The fourth-order valence-corrected chi connectivity index (χ4v) is 3.09. The monoisotopic (exact) mass is 356 g/mol. The smallest absolute Gasteiger partial charge is 0.123 e. The molecule has 0 spiro atoms. The first-order valence-corrected chi connectivity index (χ1v) is 8.36. The Hall–Kier alpha value is -2.23. The summed E-state index contributed by atoms with van der Waals surface area (Å²) < 4.78 is 7.66. The molecular weight excluding hydrogens is 343 g/mol. The molecule has 120 valence electrons. The van der Waals surface area contributed by atoms with Crippen LogP contribution in [0.1, 0.15) is 17.1 Å². The van der Waals surface area contributed by atoms with Gasteiger partial charge in [-0.1, -0.05) is 35.3 Å². The SMILES string of the molecule is Clc1ccc(Cc2nc3ccc(Cl)cc3n2Cc2ccco2)cc1. The molecule has 0 amide bonds. The number of furan rings is 1. The first-order valence-electron chi connectivity index (χ1n) is 7.60. The highest BCUT2D eigenvalue weighted by atomic mass is 35.5. The highest BCUT2D eigenvalue weighted by Crippen LogP contribution is 2.24. The molecule has 0 aliphatic heterocycles. The van der Waals surface area contributed by atoms with Crippen molar-refractivity contribution in [2.75, 3.05) is 0 Å². The Morgan fingerprint density at radius 3 is 2.50 bits per heavy atom. The van der Waals surface area contributed by atoms with Crippen LogP contribution in [-0.4, -0.2) is 9.55 Å². The van der Waals surface area contributed by atoms with E-state index in [4.69, 9.17) is 32.6 Å². The van der Waals surface area contributed by atoms with E-state index in [2.05, 4.69) is 4.57 Å². The predicted octanol–water partition coefficient (Wildman–Crippen LogP) is 5.58. The number of halogens is 2. The van der Waals surface area contributed by atoms with Crippen LogP contribution in [0.4, 0.5) is 0 Å². The van der Waals surface area contributed by atoms with E-state index in [-0.39, 0.29) is 0 Å². The van der Waals surface area contributed by atoms with Crippen molar-refractivity contribution in [3.05, 3.63) is 88.1 Å². The number of hydrogen-bond donors (Lipinski definition) is 0. The summed E-state index contributed by atoms with van der Waals surface area (Å²) >= 11 is 12.2. The second kappa shape index (κ2) is 6.34. The predicted molar refractivity (Wildman–Crippen MR) is 96.8 cm³/mol. The number of fused-ring (bicyclic) bond motifs is 1. The Balaban J connectivity index is 1.79. The molecule has 0 radical (unpaired) electrons. The van der Waals surface area contributed by atoms with Gasteiger partial charge < -0.3 is 8.98 Å². The molecule has 4 rings (SSSR count). The third-order valence-corrected chi connectivity index (χ3v) is 4.45. The summed E-state index contributed by atoms with van der Waals surface area (Å²) in [5.41, 5.74) is 3.08. The molecule has 2 heterocycles. The van der Waals surface area contributed by atoms with Crippen LogP contribution in [0.15, 0.2) is 65.3 Å². The van der Waals surface area contributed by atoms with Crippen LogP contribution in [0, 0.1) is 0 Å². The van der Waals surface area contributed by atoms with E-state index in [9.17, 15) is 0 Å². The summed E-state index contributed by atoms with van der Waals surface area (Å²) in [4.78, 5) is 4.78. The Kier molecular flexibility index (Phi) is 4.05. The lowest BCUT2D eigenvalue weighted by molar-refractivity contribution is 0.492. The van der Waals surface area contributed by atoms with Gasteiger partial charge in [0.1, 0.15) is 11.6 Å². The van der Waals surface area contributed by atoms with Crippen molar-refractivity contribution in [2.24, 2.45) is 0 Å². The lowest BCUT2D eigenvalue weighted by atomic mass is 10.1. The molecule has 2 aromatic carbocycles. The molecule has 2 aromatic heterocycles. The maximum atomic E-state index is 6.18. The lowest BCUT2D eigenvalue weighted by Crippen LogP contribution is -2.05.